The minimum Gasteiger partial charge on any atom is -0.756 e. The molecule has 0 bridgehead atoms. The number of rotatable bonds is 39. The lowest BCUT2D eigenvalue weighted by molar-refractivity contribution is -0.870. The van der Waals surface area contributed by atoms with E-state index in [0.717, 1.165) is 44.9 Å². The molecule has 0 rings (SSSR count). The number of aliphatic hydroxyl groups excluding tert-OH is 1. The second-order valence-electron chi connectivity index (χ2n) is 16.0. The van der Waals surface area contributed by atoms with Gasteiger partial charge in [-0.3, -0.25) is 9.36 Å². The number of carbonyl (C=O) groups is 1. The number of nitrogens with zero attached hydrogens (tertiary/aromatic N) is 1. The van der Waals surface area contributed by atoms with Crippen LogP contribution in [0.4, 0.5) is 0 Å². The topological polar surface area (TPSA) is 108 Å². The zero-order valence-corrected chi connectivity index (χ0v) is 38.3. The highest BCUT2D eigenvalue weighted by Gasteiger charge is 2.22. The first kappa shape index (κ1) is 55.4. The summed E-state index contributed by atoms with van der Waals surface area (Å²) in [4.78, 5) is 25.2. The lowest BCUT2D eigenvalue weighted by Gasteiger charge is -2.29. The van der Waals surface area contributed by atoms with Crippen molar-refractivity contribution in [1.29, 1.82) is 0 Å². The number of hydrogen-bond acceptors (Lipinski definition) is 6. The molecule has 8 nitrogen and oxygen atoms in total. The Morgan fingerprint density at radius 2 is 1.07 bits per heavy atom. The van der Waals surface area contributed by atoms with Crippen molar-refractivity contribution in [2.45, 2.75) is 167 Å². The Morgan fingerprint density at radius 3 is 1.57 bits per heavy atom. The minimum absolute atomic E-state index is 0.0307. The van der Waals surface area contributed by atoms with Crippen molar-refractivity contribution in [2.24, 2.45) is 0 Å². The Kier molecular flexibility index (Phi) is 38.1. The van der Waals surface area contributed by atoms with Crippen LogP contribution < -0.4 is 10.2 Å². The molecule has 0 saturated carbocycles. The molecule has 0 spiro atoms. The van der Waals surface area contributed by atoms with Crippen molar-refractivity contribution in [3.63, 3.8) is 0 Å². The van der Waals surface area contributed by atoms with E-state index in [9.17, 15) is 19.4 Å². The summed E-state index contributed by atoms with van der Waals surface area (Å²) in [5, 5.41) is 13.7. The molecule has 0 aromatic heterocycles. The number of nitrogens with one attached hydrogen (secondary N) is 1. The van der Waals surface area contributed by atoms with E-state index in [0.29, 0.717) is 23.9 Å². The Bertz CT molecular complexity index is 1260. The van der Waals surface area contributed by atoms with Crippen molar-refractivity contribution >= 4 is 13.7 Å². The molecule has 332 valence electrons. The van der Waals surface area contributed by atoms with Gasteiger partial charge >= 0.3 is 0 Å². The Hall–Kier alpha value is -2.58. The summed E-state index contributed by atoms with van der Waals surface area (Å²) in [5.41, 5.74) is 0. The van der Waals surface area contributed by atoms with Gasteiger partial charge in [0.15, 0.2) is 0 Å². The third-order valence-electron chi connectivity index (χ3n) is 9.28. The van der Waals surface area contributed by atoms with Crippen molar-refractivity contribution in [3.8, 4) is 0 Å². The van der Waals surface area contributed by atoms with E-state index in [1.54, 1.807) is 12.2 Å². The van der Waals surface area contributed by atoms with Crippen molar-refractivity contribution in [2.75, 3.05) is 40.9 Å². The van der Waals surface area contributed by atoms with Crippen LogP contribution in [-0.2, 0) is 18.4 Å². The maximum absolute atomic E-state index is 12.8. The zero-order chi connectivity index (χ0) is 42.8. The van der Waals surface area contributed by atoms with Crippen LogP contribution in [0.1, 0.15) is 155 Å². The molecule has 0 aliphatic heterocycles. The summed E-state index contributed by atoms with van der Waals surface area (Å²) in [7, 11) is 1.16. The van der Waals surface area contributed by atoms with Crippen LogP contribution in [0, 0.1) is 0 Å². The van der Waals surface area contributed by atoms with Crippen LogP contribution in [-0.4, -0.2) is 68.5 Å². The molecule has 3 unspecified atom stereocenters. The Labute approximate surface area is 356 Å². The molecular weight excluding hydrogens is 744 g/mol. The van der Waals surface area contributed by atoms with Crippen molar-refractivity contribution in [3.05, 3.63) is 97.2 Å². The highest BCUT2D eigenvalue weighted by molar-refractivity contribution is 7.45. The molecule has 1 amide bonds. The first-order valence-corrected chi connectivity index (χ1v) is 24.1. The summed E-state index contributed by atoms with van der Waals surface area (Å²) >= 11 is 0. The smallest absolute Gasteiger partial charge is 0.268 e. The highest BCUT2D eigenvalue weighted by atomic mass is 31.2. The van der Waals surface area contributed by atoms with Gasteiger partial charge in [0, 0.05) is 6.42 Å². The molecular formula is C49H85N2O6P. The standard InChI is InChI=1S/C49H85N2O6P/c1-6-8-10-12-14-16-18-20-22-23-24-25-26-27-29-30-32-34-36-38-40-42-48(52)47(46-57-58(54,55)56-45-44-51(3,4)5)50-49(53)43-41-39-37-35-33-31-28-21-19-17-15-13-11-9-7-2/h9,11,15,17,21,26-28,32-35,39-42,47-48,52H,6-8,10,12-14,16,18-20,22-25,29-31,36-38,43-46H2,1-5H3,(H-,50,53,54,55)/b11-9-,17-15-,27-26+,28-21-,34-32+,35-33-,41-39-,42-40+. The summed E-state index contributed by atoms with van der Waals surface area (Å²) in [6.45, 7) is 4.40. The Morgan fingerprint density at radius 1 is 0.621 bits per heavy atom. The van der Waals surface area contributed by atoms with E-state index < -0.39 is 26.6 Å². The van der Waals surface area contributed by atoms with Gasteiger partial charge in [0.05, 0.1) is 39.9 Å². The number of aliphatic hydroxyl groups is 1. The first-order chi connectivity index (χ1) is 28.0. The molecule has 0 saturated heterocycles. The molecule has 2 N–H and O–H groups in total. The number of quaternary nitrogens is 1. The quantitative estimate of drug-likeness (QED) is 0.0276. The second-order valence-corrected chi connectivity index (χ2v) is 17.4. The normalized spacial score (nSPS) is 15.2. The zero-order valence-electron chi connectivity index (χ0n) is 37.5. The number of allylic oxidation sites excluding steroid dienone is 14. The van der Waals surface area contributed by atoms with Gasteiger partial charge < -0.3 is 28.8 Å². The highest BCUT2D eigenvalue weighted by Crippen LogP contribution is 2.38. The van der Waals surface area contributed by atoms with Gasteiger partial charge in [0.2, 0.25) is 5.91 Å². The summed E-state index contributed by atoms with van der Waals surface area (Å²) in [6, 6.07) is -0.969. The fraction of sp³-hybridized carbons (Fsp3) is 0.653. The lowest BCUT2D eigenvalue weighted by atomic mass is 10.1. The van der Waals surface area contributed by atoms with Crippen LogP contribution >= 0.6 is 7.82 Å². The molecule has 0 aromatic carbocycles. The first-order valence-electron chi connectivity index (χ1n) is 22.6. The minimum atomic E-state index is -4.63. The number of likely N-dealkylation sites (N-methyl/N-ethyl adjacent to an activating group) is 1. The van der Waals surface area contributed by atoms with Gasteiger partial charge in [-0.15, -0.1) is 0 Å². The third kappa shape index (κ3) is 41.6. The van der Waals surface area contributed by atoms with E-state index in [1.165, 1.54) is 77.0 Å². The molecule has 3 atom stereocenters. The monoisotopic (exact) mass is 829 g/mol. The van der Waals surface area contributed by atoms with Crippen LogP contribution in [0.5, 0.6) is 0 Å². The van der Waals surface area contributed by atoms with Crippen LogP contribution in [0.25, 0.3) is 0 Å². The van der Waals surface area contributed by atoms with E-state index >= 15 is 0 Å². The third-order valence-corrected chi connectivity index (χ3v) is 10.2. The van der Waals surface area contributed by atoms with Crippen molar-refractivity contribution < 1.29 is 32.9 Å². The average Bonchev–Trinajstić information content (AvgIpc) is 3.17. The molecule has 0 aliphatic rings. The number of carbonyl (C=O) groups excluding carboxylic acids is 1. The van der Waals surface area contributed by atoms with E-state index in [2.05, 4.69) is 86.0 Å². The number of hydrogen-bond donors (Lipinski definition) is 2. The van der Waals surface area contributed by atoms with Crippen molar-refractivity contribution in [1.82, 2.24) is 5.32 Å². The SMILES string of the molecule is CC/C=C\C/C=C\C/C=C\C/C=C\C/C=C\CC(=O)NC(COP(=O)([O-])OCC[N+](C)(C)C)C(O)/C=C/CC/C=C/CC/C=C/CCCCCCCCCCCCC. The summed E-state index contributed by atoms with van der Waals surface area (Å²) in [6.07, 6.45) is 56.4. The van der Waals surface area contributed by atoms with Gasteiger partial charge in [0.25, 0.3) is 7.82 Å². The molecule has 0 fully saturated rings. The maximum atomic E-state index is 12.8. The maximum Gasteiger partial charge on any atom is 0.268 e. The van der Waals surface area contributed by atoms with Gasteiger partial charge in [-0.1, -0.05) is 175 Å². The van der Waals surface area contributed by atoms with Gasteiger partial charge in [-0.25, -0.2) is 0 Å². The van der Waals surface area contributed by atoms with Gasteiger partial charge in [0.1, 0.15) is 13.2 Å². The molecule has 0 aliphatic carbocycles. The molecule has 9 heteroatoms. The summed E-state index contributed by atoms with van der Waals surface area (Å²) < 4.78 is 23.1. The van der Waals surface area contributed by atoms with Crippen LogP contribution in [0.3, 0.4) is 0 Å². The van der Waals surface area contributed by atoms with E-state index in [1.807, 2.05) is 39.4 Å². The summed E-state index contributed by atoms with van der Waals surface area (Å²) in [5.74, 6) is -0.343. The van der Waals surface area contributed by atoms with E-state index in [-0.39, 0.29) is 18.9 Å². The Balaban J connectivity index is 4.62. The van der Waals surface area contributed by atoms with Gasteiger partial charge in [-0.2, -0.15) is 0 Å². The van der Waals surface area contributed by atoms with Crippen LogP contribution in [0.2, 0.25) is 0 Å². The predicted octanol–water partition coefficient (Wildman–Crippen LogP) is 12.1. The van der Waals surface area contributed by atoms with Gasteiger partial charge in [-0.05, 0) is 70.6 Å². The van der Waals surface area contributed by atoms with E-state index in [4.69, 9.17) is 9.05 Å². The molecule has 0 heterocycles. The molecule has 58 heavy (non-hydrogen) atoms. The number of amides is 1. The second kappa shape index (κ2) is 39.9. The number of phosphoric ester groups is 1. The fourth-order valence-corrected chi connectivity index (χ4v) is 6.44. The van der Waals surface area contributed by atoms with Crippen LogP contribution in [0.15, 0.2) is 97.2 Å². The fourth-order valence-electron chi connectivity index (χ4n) is 5.72. The average molecular weight is 829 g/mol. The lowest BCUT2D eigenvalue weighted by Crippen LogP contribution is -2.45. The number of unbranched alkanes of at least 4 members (excludes halogenated alkanes) is 13. The largest absolute Gasteiger partial charge is 0.756 e. The molecule has 0 radical (unpaired) electrons. The predicted molar refractivity (Wildman–Crippen MR) is 246 cm³/mol. The number of phosphoric acid groups is 1. The molecule has 0 aromatic rings.